The van der Waals surface area contributed by atoms with Crippen LogP contribution in [0.1, 0.15) is 0 Å². The summed E-state index contributed by atoms with van der Waals surface area (Å²) in [5.74, 6) is 0. The minimum absolute atomic E-state index is 1.15. The number of halogens is 1. The van der Waals surface area contributed by atoms with E-state index >= 15 is 0 Å². The molecule has 0 aromatic heterocycles. The fraction of sp³-hybridized carbons (Fsp3) is 1.00. The summed E-state index contributed by atoms with van der Waals surface area (Å²) in [6.45, 7) is 0. The van der Waals surface area contributed by atoms with E-state index in [1.807, 2.05) is 0 Å². The largest absolute Gasteiger partial charge is 0.388 e. The lowest BCUT2D eigenvalue weighted by Gasteiger charge is -1.61. The highest BCUT2D eigenvalue weighted by atomic mass is 127. The maximum absolute atomic E-state index is 6.97. The lowest BCUT2D eigenvalue weighted by molar-refractivity contribution is 0.277. The quantitative estimate of drug-likeness (QED) is 0.566. The number of rotatable bonds is 0. The summed E-state index contributed by atoms with van der Waals surface area (Å²) in [4.78, 5) is 0. The summed E-state index contributed by atoms with van der Waals surface area (Å²) in [5, 5.41) is 0. The Kier molecular flexibility index (Phi) is 41.7. The van der Waals surface area contributed by atoms with Crippen LogP contribution in [0.25, 0.3) is 0 Å². The third kappa shape index (κ3) is 77.3. The van der Waals surface area contributed by atoms with Crippen LogP contribution in [0.15, 0.2) is 0 Å². The maximum atomic E-state index is 6.97. The van der Waals surface area contributed by atoms with Gasteiger partial charge in [-0.25, -0.2) is 0 Å². The van der Waals surface area contributed by atoms with Crippen LogP contribution < -0.4 is 0 Å². The summed E-state index contributed by atoms with van der Waals surface area (Å²) in [6, 6.07) is 0. The number of methoxy groups -OCH3 is 1. The molecule has 0 amide bonds. The van der Waals surface area contributed by atoms with E-state index in [1.165, 1.54) is 0 Å². The number of hydrogen-bond acceptors (Lipinski definition) is 2. The fourth-order valence-corrected chi connectivity index (χ4v) is 0. The molecule has 0 saturated heterocycles. The van der Waals surface area contributed by atoms with E-state index in [9.17, 15) is 0 Å². The van der Waals surface area contributed by atoms with Crippen LogP contribution in [0.2, 0.25) is 0 Å². The van der Waals surface area contributed by atoms with Gasteiger partial charge in [0.05, 0.1) is 0 Å². The lowest BCUT2D eigenvalue weighted by Crippen LogP contribution is -1.55. The molecule has 0 spiro atoms. The van der Waals surface area contributed by atoms with Crippen molar-refractivity contribution in [1.82, 2.24) is 0 Å². The molecule has 0 aliphatic carbocycles. The first kappa shape index (κ1) is 9.17. The van der Waals surface area contributed by atoms with Gasteiger partial charge in [-0.2, -0.15) is 0 Å². The van der Waals surface area contributed by atoms with Gasteiger partial charge in [-0.15, -0.1) is 0 Å². The molecule has 0 rings (SSSR count). The smallest absolute Gasteiger partial charge is 0.106 e. The van der Waals surface area contributed by atoms with E-state index in [1.54, 1.807) is 14.2 Å². The number of ether oxygens (including phenoxy) is 1. The SMILES string of the molecule is COC.OI. The Morgan fingerprint density at radius 3 is 1.40 bits per heavy atom. The average molecular weight is 190 g/mol. The minimum atomic E-state index is 1.15. The van der Waals surface area contributed by atoms with Crippen LogP contribution in [0.4, 0.5) is 0 Å². The van der Waals surface area contributed by atoms with E-state index in [4.69, 9.17) is 3.44 Å². The molecule has 0 bridgehead atoms. The highest BCUT2D eigenvalue weighted by Crippen LogP contribution is 1.46. The van der Waals surface area contributed by atoms with Crippen molar-refractivity contribution in [3.63, 3.8) is 0 Å². The van der Waals surface area contributed by atoms with Crippen LogP contribution in [-0.2, 0) is 4.74 Å². The zero-order chi connectivity index (χ0) is 4.71. The molecule has 34 valence electrons. The Hall–Kier alpha value is 0.650. The Morgan fingerprint density at radius 1 is 1.40 bits per heavy atom. The standard InChI is InChI=1S/C2H6O.HIO/c1-3-2;1-2/h1-2H3;2H. The summed E-state index contributed by atoms with van der Waals surface area (Å²) >= 11 is 1.15. The Labute approximate surface area is 45.8 Å². The van der Waals surface area contributed by atoms with E-state index in [-0.39, 0.29) is 0 Å². The molecule has 0 aromatic carbocycles. The molecule has 0 aliphatic rings. The first-order chi connectivity index (χ1) is 2.41. The average Bonchev–Trinajstić information content (AvgIpc) is 1.46. The van der Waals surface area contributed by atoms with Crippen molar-refractivity contribution in [1.29, 1.82) is 0 Å². The van der Waals surface area contributed by atoms with E-state index in [0.29, 0.717) is 0 Å². The summed E-state index contributed by atoms with van der Waals surface area (Å²) < 4.78 is 11.2. The van der Waals surface area contributed by atoms with Gasteiger partial charge in [-0.05, 0) is 0 Å². The van der Waals surface area contributed by atoms with Crippen LogP contribution in [-0.4, -0.2) is 17.7 Å². The maximum Gasteiger partial charge on any atom is 0.106 e. The van der Waals surface area contributed by atoms with Gasteiger partial charge in [0.2, 0.25) is 0 Å². The van der Waals surface area contributed by atoms with Gasteiger partial charge in [-0.1, -0.05) is 0 Å². The third-order valence-electron chi connectivity index (χ3n) is 0. The molecule has 0 saturated carbocycles. The van der Waals surface area contributed by atoms with Gasteiger partial charge >= 0.3 is 0 Å². The molecular weight excluding hydrogens is 183 g/mol. The highest BCUT2D eigenvalue weighted by Gasteiger charge is 1.25. The highest BCUT2D eigenvalue weighted by molar-refractivity contribution is 14.1. The van der Waals surface area contributed by atoms with Crippen molar-refractivity contribution >= 4 is 23.0 Å². The first-order valence-corrected chi connectivity index (χ1v) is 1.95. The predicted molar refractivity (Wildman–Crippen MR) is 29.2 cm³/mol. The summed E-state index contributed by atoms with van der Waals surface area (Å²) in [6.07, 6.45) is 0. The van der Waals surface area contributed by atoms with E-state index < -0.39 is 0 Å². The lowest BCUT2D eigenvalue weighted by atomic mass is 11.6. The molecule has 0 heterocycles. The molecule has 0 radical (unpaired) electrons. The monoisotopic (exact) mass is 190 g/mol. The zero-order valence-electron chi connectivity index (χ0n) is 3.23. The van der Waals surface area contributed by atoms with Crippen LogP contribution in [0.3, 0.4) is 0 Å². The molecule has 1 N–H and O–H groups in total. The van der Waals surface area contributed by atoms with Crippen molar-refractivity contribution in [2.75, 3.05) is 14.2 Å². The van der Waals surface area contributed by atoms with Crippen LogP contribution in [0, 0.1) is 0 Å². The third-order valence-corrected chi connectivity index (χ3v) is 0. The molecule has 3 heteroatoms. The van der Waals surface area contributed by atoms with Crippen molar-refractivity contribution in [3.8, 4) is 0 Å². The molecule has 2 nitrogen and oxygen atoms in total. The predicted octanol–water partition coefficient (Wildman–Crippen LogP) is 0.591. The minimum Gasteiger partial charge on any atom is -0.388 e. The second-order valence-electron chi connectivity index (χ2n) is 0.408. The Morgan fingerprint density at radius 2 is 1.40 bits per heavy atom. The van der Waals surface area contributed by atoms with Gasteiger partial charge < -0.3 is 8.17 Å². The number of hydrogen-bond donors (Lipinski definition) is 1. The van der Waals surface area contributed by atoms with Gasteiger partial charge in [0.1, 0.15) is 23.0 Å². The molecular formula is C2H7IO2. The molecule has 5 heavy (non-hydrogen) atoms. The topological polar surface area (TPSA) is 29.5 Å². The molecule has 0 unspecified atom stereocenters. The second kappa shape index (κ2) is 22.8. The fourth-order valence-electron chi connectivity index (χ4n) is 0. The molecule has 0 atom stereocenters. The Bertz CT molecular complexity index is 7.61. The second-order valence-corrected chi connectivity index (χ2v) is 0.408. The van der Waals surface area contributed by atoms with E-state index in [2.05, 4.69) is 4.74 Å². The van der Waals surface area contributed by atoms with Gasteiger partial charge in [0.25, 0.3) is 0 Å². The molecule has 0 fully saturated rings. The first-order valence-electron chi connectivity index (χ1n) is 0.986. The van der Waals surface area contributed by atoms with Crippen LogP contribution in [0.5, 0.6) is 0 Å². The van der Waals surface area contributed by atoms with Crippen LogP contribution >= 0.6 is 23.0 Å². The van der Waals surface area contributed by atoms with Gasteiger partial charge in [0.15, 0.2) is 0 Å². The van der Waals surface area contributed by atoms with Crippen molar-refractivity contribution in [2.45, 2.75) is 0 Å². The van der Waals surface area contributed by atoms with Crippen molar-refractivity contribution in [2.24, 2.45) is 0 Å². The van der Waals surface area contributed by atoms with Crippen molar-refractivity contribution < 1.29 is 8.17 Å². The normalized spacial score (nSPS) is 4.80. The summed E-state index contributed by atoms with van der Waals surface area (Å²) in [7, 11) is 3.25. The van der Waals surface area contributed by atoms with E-state index in [0.717, 1.165) is 23.0 Å². The summed E-state index contributed by atoms with van der Waals surface area (Å²) in [5.41, 5.74) is 0. The van der Waals surface area contributed by atoms with Crippen molar-refractivity contribution in [3.05, 3.63) is 0 Å². The zero-order valence-corrected chi connectivity index (χ0v) is 5.39. The Balaban J connectivity index is 0. The van der Waals surface area contributed by atoms with Gasteiger partial charge in [0, 0.05) is 14.2 Å². The molecule has 0 aliphatic heterocycles. The molecule has 0 aromatic rings. The van der Waals surface area contributed by atoms with Gasteiger partial charge in [-0.3, -0.25) is 0 Å².